The molecule has 1 saturated heterocycles. The van der Waals surface area contributed by atoms with E-state index in [1.165, 1.54) is 6.20 Å². The standard InChI is InChI=1S/C16H23N3O4/c1-16(2,3)23-15(20)18-8-5-12(6-9-18)10-13-4-7-17-11-14(13)19(21)22/h4,7,11-12H,5-6,8-10H2,1-3H3. The Morgan fingerprint density at radius 1 is 1.43 bits per heavy atom. The van der Waals surface area contributed by atoms with Crippen LogP contribution in [0, 0.1) is 16.0 Å². The van der Waals surface area contributed by atoms with Crippen LogP contribution in [0.15, 0.2) is 18.5 Å². The predicted octanol–water partition coefficient (Wildman–Crippen LogP) is 3.18. The van der Waals surface area contributed by atoms with Crippen molar-refractivity contribution in [1.29, 1.82) is 0 Å². The van der Waals surface area contributed by atoms with Crippen molar-refractivity contribution in [2.75, 3.05) is 13.1 Å². The molecule has 1 amide bonds. The molecule has 0 aliphatic carbocycles. The number of pyridine rings is 1. The number of carbonyl (C=O) groups excluding carboxylic acids is 1. The molecule has 0 bridgehead atoms. The molecule has 0 atom stereocenters. The van der Waals surface area contributed by atoms with E-state index in [2.05, 4.69) is 4.98 Å². The summed E-state index contributed by atoms with van der Waals surface area (Å²) in [5, 5.41) is 11.0. The van der Waals surface area contributed by atoms with E-state index < -0.39 is 10.5 Å². The summed E-state index contributed by atoms with van der Waals surface area (Å²) < 4.78 is 5.37. The first kappa shape index (κ1) is 17.2. The van der Waals surface area contributed by atoms with Gasteiger partial charge in [0.1, 0.15) is 11.8 Å². The molecule has 1 aromatic heterocycles. The maximum Gasteiger partial charge on any atom is 0.410 e. The highest BCUT2D eigenvalue weighted by Crippen LogP contribution is 2.26. The van der Waals surface area contributed by atoms with Crippen LogP contribution >= 0.6 is 0 Å². The molecule has 0 unspecified atom stereocenters. The molecule has 0 spiro atoms. The summed E-state index contributed by atoms with van der Waals surface area (Å²) in [7, 11) is 0. The fraction of sp³-hybridized carbons (Fsp3) is 0.625. The minimum atomic E-state index is -0.494. The zero-order chi connectivity index (χ0) is 17.0. The highest BCUT2D eigenvalue weighted by molar-refractivity contribution is 5.68. The van der Waals surface area contributed by atoms with Crippen LogP contribution in [-0.2, 0) is 11.2 Å². The average Bonchev–Trinajstić information content (AvgIpc) is 2.46. The molecule has 7 nitrogen and oxygen atoms in total. The molecular weight excluding hydrogens is 298 g/mol. The Balaban J connectivity index is 1.91. The molecule has 1 aliphatic rings. The summed E-state index contributed by atoms with van der Waals surface area (Å²) in [6.07, 6.45) is 4.87. The topological polar surface area (TPSA) is 85.6 Å². The van der Waals surface area contributed by atoms with Gasteiger partial charge in [-0.1, -0.05) is 0 Å². The highest BCUT2D eigenvalue weighted by atomic mass is 16.6. The van der Waals surface area contributed by atoms with Crippen LogP contribution in [0.5, 0.6) is 0 Å². The number of carbonyl (C=O) groups is 1. The first-order chi connectivity index (χ1) is 10.8. The highest BCUT2D eigenvalue weighted by Gasteiger charge is 2.28. The lowest BCUT2D eigenvalue weighted by atomic mass is 9.90. The molecule has 0 radical (unpaired) electrons. The number of hydrogen-bond acceptors (Lipinski definition) is 5. The summed E-state index contributed by atoms with van der Waals surface area (Å²) >= 11 is 0. The minimum Gasteiger partial charge on any atom is -0.444 e. The second-order valence-electron chi connectivity index (χ2n) is 6.88. The smallest absolute Gasteiger partial charge is 0.410 e. The number of piperidine rings is 1. The number of nitrogens with zero attached hydrogens (tertiary/aromatic N) is 3. The first-order valence-electron chi connectivity index (χ1n) is 7.81. The molecule has 7 heteroatoms. The van der Waals surface area contributed by atoms with Crippen molar-refractivity contribution >= 4 is 11.8 Å². The Hall–Kier alpha value is -2.18. The fourth-order valence-corrected chi connectivity index (χ4v) is 2.71. The van der Waals surface area contributed by atoms with Crippen LogP contribution in [0.2, 0.25) is 0 Å². The quantitative estimate of drug-likeness (QED) is 0.630. The van der Waals surface area contributed by atoms with E-state index in [0.29, 0.717) is 31.0 Å². The van der Waals surface area contributed by atoms with Crippen LogP contribution in [0.25, 0.3) is 0 Å². The number of aromatic nitrogens is 1. The van der Waals surface area contributed by atoms with Gasteiger partial charge in [0.2, 0.25) is 0 Å². The van der Waals surface area contributed by atoms with Crippen molar-refractivity contribution in [1.82, 2.24) is 9.88 Å². The van der Waals surface area contributed by atoms with Gasteiger partial charge in [-0.3, -0.25) is 15.1 Å². The Morgan fingerprint density at radius 3 is 2.65 bits per heavy atom. The number of hydrogen-bond donors (Lipinski definition) is 0. The van der Waals surface area contributed by atoms with Gasteiger partial charge in [-0.2, -0.15) is 0 Å². The van der Waals surface area contributed by atoms with Crippen molar-refractivity contribution in [3.63, 3.8) is 0 Å². The lowest BCUT2D eigenvalue weighted by Gasteiger charge is -2.33. The van der Waals surface area contributed by atoms with Gasteiger partial charge in [-0.05, 0) is 52.0 Å². The van der Waals surface area contributed by atoms with E-state index in [1.807, 2.05) is 20.8 Å². The van der Waals surface area contributed by atoms with Crippen molar-refractivity contribution in [2.24, 2.45) is 5.92 Å². The van der Waals surface area contributed by atoms with Gasteiger partial charge >= 0.3 is 6.09 Å². The number of likely N-dealkylation sites (tertiary alicyclic amines) is 1. The zero-order valence-corrected chi connectivity index (χ0v) is 13.8. The molecule has 23 heavy (non-hydrogen) atoms. The Kier molecular flexibility index (Phi) is 5.18. The maximum absolute atomic E-state index is 12.0. The molecule has 1 aliphatic heterocycles. The summed E-state index contributed by atoms with van der Waals surface area (Å²) in [4.78, 5) is 28.2. The number of rotatable bonds is 3. The lowest BCUT2D eigenvalue weighted by molar-refractivity contribution is -0.386. The molecule has 0 N–H and O–H groups in total. The van der Waals surface area contributed by atoms with Gasteiger partial charge in [-0.15, -0.1) is 0 Å². The third-order valence-electron chi connectivity index (χ3n) is 3.86. The van der Waals surface area contributed by atoms with Gasteiger partial charge in [0.15, 0.2) is 0 Å². The molecule has 2 rings (SSSR count). The Bertz CT molecular complexity index is 575. The largest absolute Gasteiger partial charge is 0.444 e. The molecule has 2 heterocycles. The summed E-state index contributed by atoms with van der Waals surface area (Å²) in [5.41, 5.74) is 0.286. The minimum absolute atomic E-state index is 0.0714. The number of ether oxygens (including phenoxy) is 1. The van der Waals surface area contributed by atoms with Crippen LogP contribution in [0.1, 0.15) is 39.2 Å². The van der Waals surface area contributed by atoms with E-state index in [1.54, 1.807) is 17.2 Å². The number of nitro groups is 1. The lowest BCUT2D eigenvalue weighted by Crippen LogP contribution is -2.42. The van der Waals surface area contributed by atoms with Gasteiger partial charge in [0.05, 0.1) is 4.92 Å². The van der Waals surface area contributed by atoms with E-state index in [-0.39, 0.29) is 11.8 Å². The second kappa shape index (κ2) is 6.93. The van der Waals surface area contributed by atoms with Crippen molar-refractivity contribution < 1.29 is 14.5 Å². The van der Waals surface area contributed by atoms with Gasteiger partial charge in [0.25, 0.3) is 5.69 Å². The average molecular weight is 321 g/mol. The first-order valence-corrected chi connectivity index (χ1v) is 7.81. The molecule has 126 valence electrons. The second-order valence-corrected chi connectivity index (χ2v) is 6.88. The Morgan fingerprint density at radius 2 is 2.09 bits per heavy atom. The van der Waals surface area contributed by atoms with E-state index >= 15 is 0 Å². The monoisotopic (exact) mass is 321 g/mol. The third kappa shape index (κ3) is 4.91. The zero-order valence-electron chi connectivity index (χ0n) is 13.8. The van der Waals surface area contributed by atoms with Crippen LogP contribution in [0.4, 0.5) is 10.5 Å². The normalized spacial score (nSPS) is 16.2. The van der Waals surface area contributed by atoms with Gasteiger partial charge in [-0.25, -0.2) is 4.79 Å². The number of amides is 1. The third-order valence-corrected chi connectivity index (χ3v) is 3.86. The maximum atomic E-state index is 12.0. The van der Waals surface area contributed by atoms with E-state index in [0.717, 1.165) is 12.8 Å². The molecule has 0 aromatic carbocycles. The van der Waals surface area contributed by atoms with Crippen LogP contribution < -0.4 is 0 Å². The predicted molar refractivity (Wildman–Crippen MR) is 85.1 cm³/mol. The van der Waals surface area contributed by atoms with Gasteiger partial charge < -0.3 is 9.64 Å². The molecule has 1 aromatic rings. The van der Waals surface area contributed by atoms with Crippen LogP contribution in [0.3, 0.4) is 0 Å². The SMILES string of the molecule is CC(C)(C)OC(=O)N1CCC(Cc2ccncc2[N+](=O)[O-])CC1. The van der Waals surface area contributed by atoms with E-state index in [9.17, 15) is 14.9 Å². The fourth-order valence-electron chi connectivity index (χ4n) is 2.71. The molecule has 1 fully saturated rings. The van der Waals surface area contributed by atoms with Crippen molar-refractivity contribution in [3.8, 4) is 0 Å². The summed E-state index contributed by atoms with van der Waals surface area (Å²) in [5.74, 6) is 0.329. The summed E-state index contributed by atoms with van der Waals surface area (Å²) in [6.45, 7) is 6.79. The van der Waals surface area contributed by atoms with Crippen molar-refractivity contribution in [3.05, 3.63) is 34.1 Å². The van der Waals surface area contributed by atoms with Gasteiger partial charge in [0, 0.05) is 24.8 Å². The van der Waals surface area contributed by atoms with Crippen LogP contribution in [-0.4, -0.2) is 39.6 Å². The van der Waals surface area contributed by atoms with Crippen molar-refractivity contribution in [2.45, 2.75) is 45.6 Å². The Labute approximate surface area is 135 Å². The molecular formula is C16H23N3O4. The summed E-state index contributed by atoms with van der Waals surface area (Å²) in [6, 6.07) is 1.71. The molecule has 0 saturated carbocycles. The van der Waals surface area contributed by atoms with E-state index in [4.69, 9.17) is 4.74 Å².